The summed E-state index contributed by atoms with van der Waals surface area (Å²) in [4.78, 5) is 14.6. The first-order chi connectivity index (χ1) is 7.86. The molecule has 0 aromatic carbocycles. The van der Waals surface area contributed by atoms with Gasteiger partial charge in [-0.2, -0.15) is 0 Å². The lowest BCUT2D eigenvalue weighted by Crippen LogP contribution is -2.29. The van der Waals surface area contributed by atoms with E-state index in [0.29, 0.717) is 6.04 Å². The molecular formula is C12H15N3O. The minimum atomic E-state index is 0.0148. The summed E-state index contributed by atoms with van der Waals surface area (Å²) in [5, 5.41) is 4.37. The van der Waals surface area contributed by atoms with Crippen LogP contribution in [0.4, 0.5) is 0 Å². The second-order valence-corrected chi connectivity index (χ2v) is 4.31. The topological polar surface area (TPSA) is 49.8 Å². The smallest absolute Gasteiger partial charge is 0.272 e. The summed E-state index contributed by atoms with van der Waals surface area (Å²) < 4.78 is 2.13. The van der Waals surface area contributed by atoms with Crippen molar-refractivity contribution in [3.63, 3.8) is 0 Å². The summed E-state index contributed by atoms with van der Waals surface area (Å²) >= 11 is 0. The third-order valence-electron chi connectivity index (χ3n) is 3.34. The number of hydrogen-bond donors (Lipinski definition) is 2. The van der Waals surface area contributed by atoms with Crippen molar-refractivity contribution in [3.05, 3.63) is 34.9 Å². The van der Waals surface area contributed by atoms with Crippen molar-refractivity contribution in [1.29, 1.82) is 0 Å². The fourth-order valence-electron chi connectivity index (χ4n) is 2.51. The number of hydrogen-bond acceptors (Lipinski definition) is 2. The molecule has 0 spiro atoms. The predicted molar refractivity (Wildman–Crippen MR) is 63.7 cm³/mol. The zero-order valence-corrected chi connectivity index (χ0v) is 9.07. The molecule has 3 heterocycles. The molecule has 1 aliphatic heterocycles. The van der Waals surface area contributed by atoms with E-state index in [4.69, 9.17) is 0 Å². The Hall–Kier alpha value is -1.55. The van der Waals surface area contributed by atoms with Gasteiger partial charge in [-0.25, -0.2) is 0 Å². The molecule has 3 rings (SSSR count). The van der Waals surface area contributed by atoms with E-state index in [9.17, 15) is 4.79 Å². The number of piperidine rings is 1. The van der Waals surface area contributed by atoms with Crippen LogP contribution in [-0.2, 0) is 0 Å². The van der Waals surface area contributed by atoms with Crippen molar-refractivity contribution in [2.24, 2.45) is 0 Å². The normalized spacial score (nSPS) is 18.0. The molecule has 4 nitrogen and oxygen atoms in total. The number of aromatic nitrogens is 2. The van der Waals surface area contributed by atoms with E-state index in [1.54, 1.807) is 6.20 Å². The Kier molecular flexibility index (Phi) is 2.29. The van der Waals surface area contributed by atoms with E-state index < -0.39 is 0 Å². The zero-order valence-electron chi connectivity index (χ0n) is 9.07. The van der Waals surface area contributed by atoms with Gasteiger partial charge in [0.15, 0.2) is 0 Å². The summed E-state index contributed by atoms with van der Waals surface area (Å²) in [6, 6.07) is 4.43. The van der Waals surface area contributed by atoms with Crippen LogP contribution in [0.1, 0.15) is 18.9 Å². The number of nitrogens with one attached hydrogen (secondary N) is 2. The fraction of sp³-hybridized carbons (Fsp3) is 0.417. The van der Waals surface area contributed by atoms with Crippen LogP contribution in [0.2, 0.25) is 0 Å². The molecule has 4 heteroatoms. The van der Waals surface area contributed by atoms with Gasteiger partial charge in [0.2, 0.25) is 0 Å². The first-order valence-corrected chi connectivity index (χ1v) is 5.75. The molecule has 16 heavy (non-hydrogen) atoms. The molecule has 0 amide bonds. The van der Waals surface area contributed by atoms with Crippen molar-refractivity contribution in [2.45, 2.75) is 18.9 Å². The van der Waals surface area contributed by atoms with Crippen LogP contribution in [-0.4, -0.2) is 22.6 Å². The SMILES string of the molecule is O=c1[nH]ccc2ccn(C3CCNCC3)c12. The number of H-pyrrole nitrogens is 1. The van der Waals surface area contributed by atoms with E-state index >= 15 is 0 Å². The highest BCUT2D eigenvalue weighted by molar-refractivity contribution is 5.78. The van der Waals surface area contributed by atoms with Gasteiger partial charge in [0.25, 0.3) is 5.56 Å². The zero-order chi connectivity index (χ0) is 11.0. The lowest BCUT2D eigenvalue weighted by atomic mass is 10.1. The molecule has 84 valence electrons. The highest BCUT2D eigenvalue weighted by Crippen LogP contribution is 2.23. The molecule has 2 aromatic rings. The van der Waals surface area contributed by atoms with Crippen molar-refractivity contribution in [2.75, 3.05) is 13.1 Å². The molecule has 1 aliphatic rings. The van der Waals surface area contributed by atoms with Gasteiger partial charge in [-0.3, -0.25) is 4.79 Å². The third kappa shape index (κ3) is 1.46. The summed E-state index contributed by atoms with van der Waals surface area (Å²) in [5.74, 6) is 0. The number of nitrogens with zero attached hydrogens (tertiary/aromatic N) is 1. The Bertz CT molecular complexity index is 549. The van der Waals surface area contributed by atoms with Crippen LogP contribution >= 0.6 is 0 Å². The monoisotopic (exact) mass is 217 g/mol. The first kappa shape index (κ1) is 9.66. The van der Waals surface area contributed by atoms with Gasteiger partial charge in [-0.15, -0.1) is 0 Å². The highest BCUT2D eigenvalue weighted by Gasteiger charge is 2.17. The van der Waals surface area contributed by atoms with Gasteiger partial charge in [-0.1, -0.05) is 0 Å². The highest BCUT2D eigenvalue weighted by atomic mass is 16.1. The average Bonchev–Trinajstić information content (AvgIpc) is 2.75. The largest absolute Gasteiger partial charge is 0.340 e. The Balaban J connectivity index is 2.12. The third-order valence-corrected chi connectivity index (χ3v) is 3.34. The number of pyridine rings is 1. The minimum absolute atomic E-state index is 0.0148. The maximum Gasteiger partial charge on any atom is 0.272 e. The minimum Gasteiger partial charge on any atom is -0.340 e. The Morgan fingerprint density at radius 3 is 2.88 bits per heavy atom. The molecule has 0 radical (unpaired) electrons. The van der Waals surface area contributed by atoms with Crippen molar-refractivity contribution < 1.29 is 0 Å². The average molecular weight is 217 g/mol. The van der Waals surface area contributed by atoms with Crippen LogP contribution in [0.5, 0.6) is 0 Å². The summed E-state index contributed by atoms with van der Waals surface area (Å²) in [5.41, 5.74) is 0.829. The molecule has 0 bridgehead atoms. The van der Waals surface area contributed by atoms with Crippen LogP contribution in [0.3, 0.4) is 0 Å². The van der Waals surface area contributed by atoms with Gasteiger partial charge in [0.1, 0.15) is 5.52 Å². The van der Waals surface area contributed by atoms with Crippen molar-refractivity contribution in [3.8, 4) is 0 Å². The van der Waals surface area contributed by atoms with Crippen LogP contribution < -0.4 is 10.9 Å². The lowest BCUT2D eigenvalue weighted by Gasteiger charge is -2.24. The Morgan fingerprint density at radius 2 is 2.06 bits per heavy atom. The molecule has 0 aliphatic carbocycles. The summed E-state index contributed by atoms with van der Waals surface area (Å²) in [6.07, 6.45) is 5.93. The Labute approximate surface area is 93.3 Å². The second-order valence-electron chi connectivity index (χ2n) is 4.31. The molecule has 2 aromatic heterocycles. The van der Waals surface area contributed by atoms with Gasteiger partial charge >= 0.3 is 0 Å². The van der Waals surface area contributed by atoms with E-state index in [1.165, 1.54) is 0 Å². The van der Waals surface area contributed by atoms with Gasteiger partial charge < -0.3 is 14.9 Å². The van der Waals surface area contributed by atoms with Gasteiger partial charge in [-0.05, 0) is 38.1 Å². The van der Waals surface area contributed by atoms with Gasteiger partial charge in [0, 0.05) is 23.8 Å². The van der Waals surface area contributed by atoms with Crippen molar-refractivity contribution >= 4 is 10.9 Å². The Morgan fingerprint density at radius 1 is 1.25 bits per heavy atom. The number of rotatable bonds is 1. The molecule has 1 fully saturated rings. The molecule has 1 saturated heterocycles. The number of aromatic amines is 1. The number of fused-ring (bicyclic) bond motifs is 1. The fourth-order valence-corrected chi connectivity index (χ4v) is 2.51. The molecule has 0 atom stereocenters. The van der Waals surface area contributed by atoms with Crippen LogP contribution in [0.25, 0.3) is 10.9 Å². The van der Waals surface area contributed by atoms with Crippen LogP contribution in [0.15, 0.2) is 29.3 Å². The first-order valence-electron chi connectivity index (χ1n) is 5.75. The van der Waals surface area contributed by atoms with Crippen LogP contribution in [0, 0.1) is 0 Å². The van der Waals surface area contributed by atoms with E-state index in [0.717, 1.165) is 36.8 Å². The second kappa shape index (κ2) is 3.79. The maximum atomic E-state index is 11.8. The molecule has 0 unspecified atom stereocenters. The molecule has 0 saturated carbocycles. The molecule has 2 N–H and O–H groups in total. The van der Waals surface area contributed by atoms with Crippen molar-refractivity contribution in [1.82, 2.24) is 14.9 Å². The quantitative estimate of drug-likeness (QED) is 0.755. The summed E-state index contributed by atoms with van der Waals surface area (Å²) in [7, 11) is 0. The van der Waals surface area contributed by atoms with E-state index in [-0.39, 0.29) is 5.56 Å². The van der Waals surface area contributed by atoms with E-state index in [1.807, 2.05) is 18.3 Å². The maximum absolute atomic E-state index is 11.8. The predicted octanol–water partition coefficient (Wildman–Crippen LogP) is 1.25. The molecular weight excluding hydrogens is 202 g/mol. The van der Waals surface area contributed by atoms with E-state index in [2.05, 4.69) is 14.9 Å². The lowest BCUT2D eigenvalue weighted by molar-refractivity contribution is 0.375. The standard InChI is InChI=1S/C12H15N3O/c16-12-11-9(1-7-14-12)4-8-15(11)10-2-5-13-6-3-10/h1,4,7-8,10,13H,2-3,5-6H2,(H,14,16). The summed E-state index contributed by atoms with van der Waals surface area (Å²) in [6.45, 7) is 2.07. The van der Waals surface area contributed by atoms with Gasteiger partial charge in [0.05, 0.1) is 0 Å².